The average Bonchev–Trinajstić information content (AvgIpc) is 3.15. The molecule has 0 amide bonds. The molecule has 1 aliphatic rings. The molecule has 1 aliphatic heterocycles. The number of rotatable bonds is 5. The first-order valence-corrected chi connectivity index (χ1v) is 6.61. The number of esters is 1. The van der Waals surface area contributed by atoms with E-state index in [1.165, 1.54) is 0 Å². The van der Waals surface area contributed by atoms with Gasteiger partial charge in [-0.1, -0.05) is 13.8 Å². The minimum absolute atomic E-state index is 0.00478. The zero-order valence-electron chi connectivity index (χ0n) is 11.8. The second-order valence-electron chi connectivity index (χ2n) is 4.90. The fraction of sp³-hybridized carbons (Fsp3) is 0.533. The Labute approximate surface area is 113 Å². The van der Waals surface area contributed by atoms with Gasteiger partial charge in [0.2, 0.25) is 0 Å². The first-order valence-electron chi connectivity index (χ1n) is 6.61. The Kier molecular flexibility index (Phi) is 4.10. The fourth-order valence-corrected chi connectivity index (χ4v) is 1.86. The van der Waals surface area contributed by atoms with Crippen molar-refractivity contribution in [1.82, 2.24) is 0 Å². The molecule has 1 aromatic carbocycles. The average molecular weight is 264 g/mol. The maximum absolute atomic E-state index is 11.9. The van der Waals surface area contributed by atoms with Crippen molar-refractivity contribution in [3.05, 3.63) is 23.8 Å². The smallest absolute Gasteiger partial charge is 0.314 e. The highest BCUT2D eigenvalue weighted by molar-refractivity contribution is 5.75. The van der Waals surface area contributed by atoms with E-state index in [1.54, 1.807) is 19.2 Å². The summed E-state index contributed by atoms with van der Waals surface area (Å²) < 4.78 is 16.1. The van der Waals surface area contributed by atoms with Crippen molar-refractivity contribution < 1.29 is 19.0 Å². The van der Waals surface area contributed by atoms with Gasteiger partial charge in [-0.25, -0.2) is 0 Å². The summed E-state index contributed by atoms with van der Waals surface area (Å²) in [5, 5.41) is 0. The molecule has 0 spiro atoms. The van der Waals surface area contributed by atoms with Crippen LogP contribution >= 0.6 is 0 Å². The SMILES string of the molecule is CCC(C)C(=O)Oc1ccc(OC)cc1C1OC1C. The maximum Gasteiger partial charge on any atom is 0.314 e. The molecule has 0 bridgehead atoms. The van der Waals surface area contributed by atoms with Crippen LogP contribution in [0.15, 0.2) is 18.2 Å². The van der Waals surface area contributed by atoms with E-state index in [0.717, 1.165) is 17.7 Å². The molecule has 0 N–H and O–H groups in total. The molecule has 1 saturated heterocycles. The minimum atomic E-state index is -0.206. The van der Waals surface area contributed by atoms with E-state index >= 15 is 0 Å². The summed E-state index contributed by atoms with van der Waals surface area (Å²) in [6, 6.07) is 5.42. The van der Waals surface area contributed by atoms with Crippen LogP contribution in [0.4, 0.5) is 0 Å². The van der Waals surface area contributed by atoms with E-state index in [2.05, 4.69) is 0 Å². The predicted octanol–water partition coefficient (Wildman–Crippen LogP) is 3.11. The first-order chi connectivity index (χ1) is 9.06. The number of epoxide rings is 1. The Morgan fingerprint density at radius 1 is 1.47 bits per heavy atom. The van der Waals surface area contributed by atoms with Crippen LogP contribution in [0.3, 0.4) is 0 Å². The summed E-state index contributed by atoms with van der Waals surface area (Å²) in [6.07, 6.45) is 0.920. The molecule has 1 fully saturated rings. The highest BCUT2D eigenvalue weighted by atomic mass is 16.6. The number of ether oxygens (including phenoxy) is 3. The number of carbonyl (C=O) groups is 1. The van der Waals surface area contributed by atoms with Gasteiger partial charge in [0.05, 0.1) is 19.1 Å². The van der Waals surface area contributed by atoms with Crippen LogP contribution in [0.1, 0.15) is 38.9 Å². The molecule has 1 aromatic rings. The number of methoxy groups -OCH3 is 1. The maximum atomic E-state index is 11.9. The number of benzene rings is 1. The van der Waals surface area contributed by atoms with Crippen LogP contribution in [-0.4, -0.2) is 19.2 Å². The fourth-order valence-electron chi connectivity index (χ4n) is 1.86. The standard InChI is InChI=1S/C15H20O4/c1-5-9(2)15(16)19-13-7-6-11(17-4)8-12(13)14-10(3)18-14/h6-10,14H,5H2,1-4H3. The summed E-state index contributed by atoms with van der Waals surface area (Å²) in [5.74, 6) is 0.996. The Bertz CT molecular complexity index is 469. The molecule has 0 saturated carbocycles. The molecule has 1 heterocycles. The third-order valence-corrected chi connectivity index (χ3v) is 3.46. The van der Waals surface area contributed by atoms with E-state index < -0.39 is 0 Å². The molecule has 2 rings (SSSR count). The first kappa shape index (κ1) is 13.9. The summed E-state index contributed by atoms with van der Waals surface area (Å²) in [6.45, 7) is 5.82. The van der Waals surface area contributed by atoms with E-state index in [0.29, 0.717) is 5.75 Å². The molecule has 0 radical (unpaired) electrons. The van der Waals surface area contributed by atoms with E-state index in [1.807, 2.05) is 26.8 Å². The van der Waals surface area contributed by atoms with Crippen LogP contribution < -0.4 is 9.47 Å². The summed E-state index contributed by atoms with van der Waals surface area (Å²) in [5.41, 5.74) is 0.878. The Balaban J connectivity index is 2.22. The molecule has 104 valence electrons. The Morgan fingerprint density at radius 3 is 2.68 bits per heavy atom. The number of hydrogen-bond acceptors (Lipinski definition) is 4. The molecule has 0 aliphatic carbocycles. The zero-order valence-corrected chi connectivity index (χ0v) is 11.8. The third kappa shape index (κ3) is 3.07. The van der Waals surface area contributed by atoms with Gasteiger partial charge >= 0.3 is 5.97 Å². The lowest BCUT2D eigenvalue weighted by Crippen LogP contribution is -2.17. The lowest BCUT2D eigenvalue weighted by atomic mass is 10.1. The van der Waals surface area contributed by atoms with Gasteiger partial charge in [0.1, 0.15) is 17.6 Å². The monoisotopic (exact) mass is 264 g/mol. The van der Waals surface area contributed by atoms with Crippen molar-refractivity contribution in [1.29, 1.82) is 0 Å². The molecular weight excluding hydrogens is 244 g/mol. The van der Waals surface area contributed by atoms with Gasteiger partial charge in [-0.2, -0.15) is 0 Å². The minimum Gasteiger partial charge on any atom is -0.497 e. The predicted molar refractivity (Wildman–Crippen MR) is 71.4 cm³/mol. The van der Waals surface area contributed by atoms with Crippen LogP contribution in [0.2, 0.25) is 0 Å². The third-order valence-electron chi connectivity index (χ3n) is 3.46. The lowest BCUT2D eigenvalue weighted by molar-refractivity contribution is -0.138. The highest BCUT2D eigenvalue weighted by Crippen LogP contribution is 2.44. The van der Waals surface area contributed by atoms with Crippen molar-refractivity contribution >= 4 is 5.97 Å². The van der Waals surface area contributed by atoms with Gasteiger partial charge in [0.15, 0.2) is 0 Å². The number of carbonyl (C=O) groups excluding carboxylic acids is 1. The molecule has 19 heavy (non-hydrogen) atoms. The van der Waals surface area contributed by atoms with Crippen molar-refractivity contribution in [2.45, 2.75) is 39.4 Å². The van der Waals surface area contributed by atoms with Crippen molar-refractivity contribution in [2.75, 3.05) is 7.11 Å². The van der Waals surface area contributed by atoms with Crippen LogP contribution in [0.25, 0.3) is 0 Å². The van der Waals surface area contributed by atoms with E-state index in [9.17, 15) is 4.79 Å². The van der Waals surface area contributed by atoms with Gasteiger partial charge in [0.25, 0.3) is 0 Å². The van der Waals surface area contributed by atoms with Crippen molar-refractivity contribution in [2.24, 2.45) is 5.92 Å². The van der Waals surface area contributed by atoms with E-state index in [4.69, 9.17) is 14.2 Å². The lowest BCUT2D eigenvalue weighted by Gasteiger charge is -2.13. The summed E-state index contributed by atoms with van der Waals surface area (Å²) >= 11 is 0. The topological polar surface area (TPSA) is 48.1 Å². The molecular formula is C15H20O4. The van der Waals surface area contributed by atoms with Crippen LogP contribution in [0.5, 0.6) is 11.5 Å². The molecule has 0 aromatic heterocycles. The molecule has 4 nitrogen and oxygen atoms in total. The largest absolute Gasteiger partial charge is 0.497 e. The molecule has 3 unspecified atom stereocenters. The van der Waals surface area contributed by atoms with E-state index in [-0.39, 0.29) is 24.1 Å². The van der Waals surface area contributed by atoms with Crippen LogP contribution in [0, 0.1) is 5.92 Å². The summed E-state index contributed by atoms with van der Waals surface area (Å²) in [4.78, 5) is 11.9. The Morgan fingerprint density at radius 2 is 2.16 bits per heavy atom. The van der Waals surface area contributed by atoms with Crippen LogP contribution in [-0.2, 0) is 9.53 Å². The van der Waals surface area contributed by atoms with Crippen molar-refractivity contribution in [3.8, 4) is 11.5 Å². The summed E-state index contributed by atoms with van der Waals surface area (Å²) in [7, 11) is 1.61. The second-order valence-corrected chi connectivity index (χ2v) is 4.90. The van der Waals surface area contributed by atoms with Gasteiger partial charge < -0.3 is 14.2 Å². The second kappa shape index (κ2) is 5.61. The van der Waals surface area contributed by atoms with Gasteiger partial charge in [-0.15, -0.1) is 0 Å². The quantitative estimate of drug-likeness (QED) is 0.466. The zero-order chi connectivity index (χ0) is 14.0. The van der Waals surface area contributed by atoms with Gasteiger partial charge in [0, 0.05) is 5.56 Å². The Hall–Kier alpha value is -1.55. The van der Waals surface area contributed by atoms with Crippen molar-refractivity contribution in [3.63, 3.8) is 0 Å². The molecule has 4 heteroatoms. The highest BCUT2D eigenvalue weighted by Gasteiger charge is 2.38. The molecule has 3 atom stereocenters. The van der Waals surface area contributed by atoms with Gasteiger partial charge in [-0.05, 0) is 31.5 Å². The normalized spacial score (nSPS) is 22.7. The van der Waals surface area contributed by atoms with Gasteiger partial charge in [-0.3, -0.25) is 4.79 Å². The number of hydrogen-bond donors (Lipinski definition) is 0.